The second-order valence-corrected chi connectivity index (χ2v) is 5.77. The van der Waals surface area contributed by atoms with E-state index in [1.54, 1.807) is 0 Å². The number of thiophene rings is 1. The molecule has 1 unspecified atom stereocenters. The average Bonchev–Trinajstić information content (AvgIpc) is 2.78. The van der Waals surface area contributed by atoms with E-state index < -0.39 is 0 Å². The highest BCUT2D eigenvalue weighted by Gasteiger charge is 2.08. The molecular formula is C16H21NS. The molecule has 0 bridgehead atoms. The summed E-state index contributed by atoms with van der Waals surface area (Å²) in [5.74, 6) is 0. The first-order chi connectivity index (χ1) is 8.68. The van der Waals surface area contributed by atoms with E-state index in [9.17, 15) is 0 Å². The Bertz CT molecular complexity index is 501. The van der Waals surface area contributed by atoms with Crippen LogP contribution in [0.3, 0.4) is 0 Å². The SMILES string of the molecule is Cc1ccccc1CCNC(C)c1sccc1C. The molecule has 1 aromatic carbocycles. The van der Waals surface area contributed by atoms with Gasteiger partial charge in [0.05, 0.1) is 0 Å². The summed E-state index contributed by atoms with van der Waals surface area (Å²) in [5, 5.41) is 5.78. The fourth-order valence-electron chi connectivity index (χ4n) is 2.23. The standard InChI is InChI=1S/C16H21NS/c1-12-6-4-5-7-15(12)8-10-17-14(3)16-13(2)9-11-18-16/h4-7,9,11,14,17H,8,10H2,1-3H3. The molecule has 0 aliphatic heterocycles. The first kappa shape index (κ1) is 13.3. The van der Waals surface area contributed by atoms with Crippen molar-refractivity contribution in [3.63, 3.8) is 0 Å². The molecule has 1 heterocycles. The molecular weight excluding hydrogens is 238 g/mol. The van der Waals surface area contributed by atoms with Crippen LogP contribution in [-0.4, -0.2) is 6.54 Å². The molecule has 0 spiro atoms. The maximum atomic E-state index is 3.61. The minimum Gasteiger partial charge on any atom is -0.309 e. The average molecular weight is 259 g/mol. The summed E-state index contributed by atoms with van der Waals surface area (Å²) in [6, 6.07) is 11.3. The Morgan fingerprint density at radius 3 is 2.56 bits per heavy atom. The van der Waals surface area contributed by atoms with E-state index >= 15 is 0 Å². The summed E-state index contributed by atoms with van der Waals surface area (Å²) in [6.07, 6.45) is 1.10. The number of benzene rings is 1. The van der Waals surface area contributed by atoms with Gasteiger partial charge in [0.15, 0.2) is 0 Å². The molecule has 0 fully saturated rings. The zero-order valence-corrected chi connectivity index (χ0v) is 12.2. The van der Waals surface area contributed by atoms with Crippen molar-refractivity contribution < 1.29 is 0 Å². The van der Waals surface area contributed by atoms with Crippen LogP contribution in [0.5, 0.6) is 0 Å². The van der Waals surface area contributed by atoms with Crippen molar-refractivity contribution in [3.8, 4) is 0 Å². The fourth-order valence-corrected chi connectivity index (χ4v) is 3.19. The molecule has 18 heavy (non-hydrogen) atoms. The van der Waals surface area contributed by atoms with E-state index in [1.807, 2.05) is 11.3 Å². The minimum atomic E-state index is 0.453. The molecule has 1 atom stereocenters. The van der Waals surface area contributed by atoms with Crippen molar-refractivity contribution in [1.82, 2.24) is 5.32 Å². The molecule has 0 radical (unpaired) electrons. The van der Waals surface area contributed by atoms with Gasteiger partial charge in [-0.05, 0) is 61.9 Å². The lowest BCUT2D eigenvalue weighted by molar-refractivity contribution is 0.582. The molecule has 2 rings (SSSR count). The molecule has 0 saturated carbocycles. The number of hydrogen-bond acceptors (Lipinski definition) is 2. The maximum Gasteiger partial charge on any atom is 0.0388 e. The van der Waals surface area contributed by atoms with Crippen molar-refractivity contribution in [1.29, 1.82) is 0 Å². The van der Waals surface area contributed by atoms with E-state index in [4.69, 9.17) is 0 Å². The smallest absolute Gasteiger partial charge is 0.0388 e. The highest BCUT2D eigenvalue weighted by molar-refractivity contribution is 7.10. The normalized spacial score (nSPS) is 12.6. The van der Waals surface area contributed by atoms with Crippen molar-refractivity contribution >= 4 is 11.3 Å². The van der Waals surface area contributed by atoms with Gasteiger partial charge in [0.25, 0.3) is 0 Å². The van der Waals surface area contributed by atoms with Gasteiger partial charge in [0.1, 0.15) is 0 Å². The van der Waals surface area contributed by atoms with Gasteiger partial charge in [0.2, 0.25) is 0 Å². The maximum absolute atomic E-state index is 3.61. The fraction of sp³-hybridized carbons (Fsp3) is 0.375. The first-order valence-corrected chi connectivity index (χ1v) is 7.38. The minimum absolute atomic E-state index is 0.453. The lowest BCUT2D eigenvalue weighted by Crippen LogP contribution is -2.21. The largest absolute Gasteiger partial charge is 0.309 e. The quantitative estimate of drug-likeness (QED) is 0.846. The Labute approximate surface area is 114 Å². The van der Waals surface area contributed by atoms with Crippen LogP contribution < -0.4 is 5.32 Å². The van der Waals surface area contributed by atoms with Crippen LogP contribution in [0.25, 0.3) is 0 Å². The summed E-state index contributed by atoms with van der Waals surface area (Å²) in [4.78, 5) is 1.46. The summed E-state index contributed by atoms with van der Waals surface area (Å²) < 4.78 is 0. The summed E-state index contributed by atoms with van der Waals surface area (Å²) in [6.45, 7) is 7.65. The van der Waals surface area contributed by atoms with E-state index in [-0.39, 0.29) is 0 Å². The van der Waals surface area contributed by atoms with Crippen LogP contribution in [0.2, 0.25) is 0 Å². The topological polar surface area (TPSA) is 12.0 Å². The Hall–Kier alpha value is -1.12. The molecule has 1 aromatic heterocycles. The zero-order valence-electron chi connectivity index (χ0n) is 11.4. The number of hydrogen-bond donors (Lipinski definition) is 1. The van der Waals surface area contributed by atoms with Crippen molar-refractivity contribution in [2.75, 3.05) is 6.54 Å². The van der Waals surface area contributed by atoms with Crippen molar-refractivity contribution in [2.24, 2.45) is 0 Å². The predicted octanol–water partition coefficient (Wildman–Crippen LogP) is 4.26. The number of nitrogens with one attached hydrogen (secondary N) is 1. The van der Waals surface area contributed by atoms with Crippen LogP contribution in [0.15, 0.2) is 35.7 Å². The second-order valence-electron chi connectivity index (χ2n) is 4.82. The Morgan fingerprint density at radius 2 is 1.89 bits per heavy atom. The third-order valence-corrected chi connectivity index (χ3v) is 4.60. The molecule has 2 aromatic rings. The van der Waals surface area contributed by atoms with Crippen LogP contribution in [0, 0.1) is 13.8 Å². The lowest BCUT2D eigenvalue weighted by atomic mass is 10.1. The Morgan fingerprint density at radius 1 is 1.11 bits per heavy atom. The van der Waals surface area contributed by atoms with Crippen molar-refractivity contribution in [2.45, 2.75) is 33.2 Å². The summed E-state index contributed by atoms with van der Waals surface area (Å²) >= 11 is 1.84. The number of aryl methyl sites for hydroxylation is 2. The highest BCUT2D eigenvalue weighted by Crippen LogP contribution is 2.23. The molecule has 1 N–H and O–H groups in total. The molecule has 96 valence electrons. The van der Waals surface area contributed by atoms with Gasteiger partial charge in [0, 0.05) is 10.9 Å². The zero-order chi connectivity index (χ0) is 13.0. The molecule has 0 amide bonds. The van der Waals surface area contributed by atoms with Crippen molar-refractivity contribution in [3.05, 3.63) is 57.3 Å². The number of rotatable bonds is 5. The molecule has 0 saturated heterocycles. The van der Waals surface area contributed by atoms with E-state index in [0.29, 0.717) is 6.04 Å². The monoisotopic (exact) mass is 259 g/mol. The van der Waals surface area contributed by atoms with E-state index in [2.05, 4.69) is 61.8 Å². The Kier molecular flexibility index (Phi) is 4.56. The third-order valence-electron chi connectivity index (χ3n) is 3.40. The summed E-state index contributed by atoms with van der Waals surface area (Å²) in [5.41, 5.74) is 4.23. The van der Waals surface area contributed by atoms with Crippen LogP contribution in [-0.2, 0) is 6.42 Å². The van der Waals surface area contributed by atoms with Crippen LogP contribution in [0.1, 0.15) is 34.5 Å². The molecule has 0 aliphatic carbocycles. The van der Waals surface area contributed by atoms with Gasteiger partial charge in [-0.3, -0.25) is 0 Å². The van der Waals surface area contributed by atoms with Gasteiger partial charge >= 0.3 is 0 Å². The van der Waals surface area contributed by atoms with Gasteiger partial charge in [-0.2, -0.15) is 0 Å². The highest BCUT2D eigenvalue weighted by atomic mass is 32.1. The molecule has 2 heteroatoms. The van der Waals surface area contributed by atoms with Crippen LogP contribution in [0.4, 0.5) is 0 Å². The summed E-state index contributed by atoms with van der Waals surface area (Å²) in [7, 11) is 0. The van der Waals surface area contributed by atoms with E-state index in [0.717, 1.165) is 13.0 Å². The van der Waals surface area contributed by atoms with Gasteiger partial charge in [-0.25, -0.2) is 0 Å². The molecule has 0 aliphatic rings. The third kappa shape index (κ3) is 3.21. The van der Waals surface area contributed by atoms with Gasteiger partial charge < -0.3 is 5.32 Å². The second kappa shape index (κ2) is 6.17. The van der Waals surface area contributed by atoms with Gasteiger partial charge in [-0.15, -0.1) is 11.3 Å². The van der Waals surface area contributed by atoms with E-state index in [1.165, 1.54) is 21.6 Å². The first-order valence-electron chi connectivity index (χ1n) is 6.50. The predicted molar refractivity (Wildman–Crippen MR) is 80.4 cm³/mol. The van der Waals surface area contributed by atoms with Gasteiger partial charge in [-0.1, -0.05) is 24.3 Å². The lowest BCUT2D eigenvalue weighted by Gasteiger charge is -2.14. The van der Waals surface area contributed by atoms with Crippen LogP contribution >= 0.6 is 11.3 Å². The Balaban J connectivity index is 1.86. The molecule has 1 nitrogen and oxygen atoms in total.